The molecule has 3 aromatic rings. The SMILES string of the molecule is CCN(CC)S(=O)(=O)c1ccc(OCc2nc3ccccc3s2)c([N+](=O)[O-])c1. The van der Waals surface area contributed by atoms with E-state index in [0.717, 1.165) is 16.3 Å². The molecule has 10 heteroatoms. The summed E-state index contributed by atoms with van der Waals surface area (Å²) < 4.78 is 33.1. The van der Waals surface area contributed by atoms with Crippen LogP contribution < -0.4 is 4.74 Å². The van der Waals surface area contributed by atoms with Crippen molar-refractivity contribution in [3.8, 4) is 5.75 Å². The second-order valence-corrected chi connectivity index (χ2v) is 8.89. The van der Waals surface area contributed by atoms with Crippen molar-refractivity contribution < 1.29 is 18.1 Å². The number of hydrogen-bond donors (Lipinski definition) is 0. The summed E-state index contributed by atoms with van der Waals surface area (Å²) in [4.78, 5) is 15.1. The van der Waals surface area contributed by atoms with Crippen LogP contribution in [0.25, 0.3) is 10.2 Å². The minimum atomic E-state index is -3.80. The lowest BCUT2D eigenvalue weighted by molar-refractivity contribution is -0.386. The molecule has 0 fully saturated rings. The number of aromatic nitrogens is 1. The monoisotopic (exact) mass is 421 g/mol. The van der Waals surface area contributed by atoms with Gasteiger partial charge in [-0.15, -0.1) is 11.3 Å². The fraction of sp³-hybridized carbons (Fsp3) is 0.278. The maximum absolute atomic E-state index is 12.6. The van der Waals surface area contributed by atoms with Gasteiger partial charge in [0.25, 0.3) is 0 Å². The molecule has 8 nitrogen and oxygen atoms in total. The number of thiazole rings is 1. The first-order valence-electron chi connectivity index (χ1n) is 8.62. The van der Waals surface area contributed by atoms with Crippen LogP contribution in [0.3, 0.4) is 0 Å². The summed E-state index contributed by atoms with van der Waals surface area (Å²) in [6.07, 6.45) is 0. The molecule has 0 aliphatic rings. The number of fused-ring (bicyclic) bond motifs is 1. The normalized spacial score (nSPS) is 11.8. The first kappa shape index (κ1) is 20.2. The largest absolute Gasteiger partial charge is 0.479 e. The Kier molecular flexibility index (Phi) is 5.92. The Morgan fingerprint density at radius 2 is 1.89 bits per heavy atom. The maximum Gasteiger partial charge on any atom is 0.312 e. The summed E-state index contributed by atoms with van der Waals surface area (Å²) in [7, 11) is -3.80. The van der Waals surface area contributed by atoms with Gasteiger partial charge < -0.3 is 4.74 Å². The maximum atomic E-state index is 12.6. The number of nitro groups is 1. The summed E-state index contributed by atoms with van der Waals surface area (Å²) in [6.45, 7) is 4.04. The highest BCUT2D eigenvalue weighted by atomic mass is 32.2. The predicted molar refractivity (Wildman–Crippen MR) is 107 cm³/mol. The van der Waals surface area contributed by atoms with E-state index in [4.69, 9.17) is 4.74 Å². The molecule has 0 aliphatic heterocycles. The van der Waals surface area contributed by atoms with Crippen LogP contribution in [-0.4, -0.2) is 35.7 Å². The number of hydrogen-bond acceptors (Lipinski definition) is 7. The molecular weight excluding hydrogens is 402 g/mol. The van der Waals surface area contributed by atoms with E-state index in [1.54, 1.807) is 13.8 Å². The van der Waals surface area contributed by atoms with Crippen molar-refractivity contribution in [2.75, 3.05) is 13.1 Å². The Balaban J connectivity index is 1.88. The Morgan fingerprint density at radius 1 is 1.18 bits per heavy atom. The number of nitro benzene ring substituents is 1. The Bertz CT molecular complexity index is 1070. The third-order valence-electron chi connectivity index (χ3n) is 4.16. The van der Waals surface area contributed by atoms with Gasteiger partial charge in [0.05, 0.1) is 20.0 Å². The van der Waals surface area contributed by atoms with E-state index in [1.165, 1.54) is 27.8 Å². The zero-order chi connectivity index (χ0) is 20.3. The fourth-order valence-electron chi connectivity index (χ4n) is 2.76. The van der Waals surface area contributed by atoms with E-state index in [9.17, 15) is 18.5 Å². The van der Waals surface area contributed by atoms with Gasteiger partial charge in [-0.2, -0.15) is 4.31 Å². The molecule has 148 valence electrons. The van der Waals surface area contributed by atoms with E-state index in [1.807, 2.05) is 24.3 Å². The minimum absolute atomic E-state index is 0.00255. The first-order valence-corrected chi connectivity index (χ1v) is 10.9. The quantitative estimate of drug-likeness (QED) is 0.405. The third kappa shape index (κ3) is 3.98. The first-order chi connectivity index (χ1) is 13.4. The van der Waals surface area contributed by atoms with Gasteiger partial charge in [0.15, 0.2) is 5.75 Å². The van der Waals surface area contributed by atoms with Crippen LogP contribution in [0, 0.1) is 10.1 Å². The molecule has 2 aromatic carbocycles. The minimum Gasteiger partial charge on any atom is -0.479 e. The van der Waals surface area contributed by atoms with Crippen LogP contribution in [-0.2, 0) is 16.6 Å². The van der Waals surface area contributed by atoms with Crippen LogP contribution in [0.2, 0.25) is 0 Å². The highest BCUT2D eigenvalue weighted by molar-refractivity contribution is 7.89. The van der Waals surface area contributed by atoms with Gasteiger partial charge in [0.2, 0.25) is 10.0 Å². The van der Waals surface area contributed by atoms with Crippen molar-refractivity contribution >= 4 is 37.3 Å². The van der Waals surface area contributed by atoms with Gasteiger partial charge >= 0.3 is 5.69 Å². The van der Waals surface area contributed by atoms with Crippen LogP contribution >= 0.6 is 11.3 Å². The van der Waals surface area contributed by atoms with Crippen molar-refractivity contribution in [1.82, 2.24) is 9.29 Å². The summed E-state index contributed by atoms with van der Waals surface area (Å²) in [5.41, 5.74) is 0.440. The number of nitrogens with zero attached hydrogens (tertiary/aromatic N) is 3. The van der Waals surface area contributed by atoms with E-state index < -0.39 is 20.6 Å². The number of sulfonamides is 1. The predicted octanol–water partition coefficient (Wildman–Crippen LogP) is 3.81. The zero-order valence-corrected chi connectivity index (χ0v) is 17.0. The molecule has 0 amide bonds. The van der Waals surface area contributed by atoms with Gasteiger partial charge in [-0.3, -0.25) is 10.1 Å². The lowest BCUT2D eigenvalue weighted by Crippen LogP contribution is -2.30. The zero-order valence-electron chi connectivity index (χ0n) is 15.4. The molecule has 0 saturated carbocycles. The van der Waals surface area contributed by atoms with Crippen molar-refractivity contribution in [3.05, 3.63) is 57.6 Å². The van der Waals surface area contributed by atoms with Gasteiger partial charge in [0.1, 0.15) is 11.6 Å². The number of ether oxygens (including phenoxy) is 1. The second kappa shape index (κ2) is 8.21. The smallest absolute Gasteiger partial charge is 0.312 e. The van der Waals surface area contributed by atoms with Crippen LogP contribution in [0.15, 0.2) is 47.4 Å². The average molecular weight is 422 g/mol. The van der Waals surface area contributed by atoms with E-state index in [0.29, 0.717) is 5.01 Å². The molecule has 0 aliphatic carbocycles. The molecule has 28 heavy (non-hydrogen) atoms. The summed E-state index contributed by atoms with van der Waals surface area (Å²) in [6, 6.07) is 11.3. The molecule has 1 aromatic heterocycles. The number of rotatable bonds is 8. The Morgan fingerprint density at radius 3 is 2.54 bits per heavy atom. The molecular formula is C18H19N3O5S2. The molecule has 0 bridgehead atoms. The molecule has 0 spiro atoms. The van der Waals surface area contributed by atoms with Crippen molar-refractivity contribution in [1.29, 1.82) is 0 Å². The van der Waals surface area contributed by atoms with Crippen molar-refractivity contribution in [2.45, 2.75) is 25.3 Å². The topological polar surface area (TPSA) is 103 Å². The standard InChI is InChI=1S/C18H19N3O5S2/c1-3-20(4-2)28(24,25)13-9-10-16(15(11-13)21(22)23)26-12-18-19-14-7-5-6-8-17(14)27-18/h5-11H,3-4,12H2,1-2H3. The number of benzene rings is 2. The Hall–Kier alpha value is -2.56. The molecule has 3 rings (SSSR count). The number of para-hydroxylation sites is 1. The van der Waals surface area contributed by atoms with Crippen molar-refractivity contribution in [3.63, 3.8) is 0 Å². The van der Waals surface area contributed by atoms with E-state index in [-0.39, 0.29) is 30.3 Å². The highest BCUT2D eigenvalue weighted by Gasteiger charge is 2.26. The van der Waals surface area contributed by atoms with Crippen molar-refractivity contribution in [2.24, 2.45) is 0 Å². The highest BCUT2D eigenvalue weighted by Crippen LogP contribution is 2.32. The van der Waals surface area contributed by atoms with E-state index in [2.05, 4.69) is 4.98 Å². The van der Waals surface area contributed by atoms with E-state index >= 15 is 0 Å². The molecule has 0 saturated heterocycles. The third-order valence-corrected chi connectivity index (χ3v) is 7.22. The summed E-state index contributed by atoms with van der Waals surface area (Å²) in [5.74, 6) is 0.00255. The Labute approximate surface area is 166 Å². The summed E-state index contributed by atoms with van der Waals surface area (Å²) >= 11 is 1.44. The average Bonchev–Trinajstić information content (AvgIpc) is 3.09. The lowest BCUT2D eigenvalue weighted by atomic mass is 10.3. The van der Waals surface area contributed by atoms with Gasteiger partial charge in [-0.25, -0.2) is 13.4 Å². The van der Waals surface area contributed by atoms with Crippen LogP contribution in [0.1, 0.15) is 18.9 Å². The molecule has 0 radical (unpaired) electrons. The van der Waals surface area contributed by atoms with Gasteiger partial charge in [-0.1, -0.05) is 26.0 Å². The second-order valence-electron chi connectivity index (χ2n) is 5.84. The van der Waals surface area contributed by atoms with Gasteiger partial charge in [-0.05, 0) is 24.3 Å². The lowest BCUT2D eigenvalue weighted by Gasteiger charge is -2.18. The van der Waals surface area contributed by atoms with Gasteiger partial charge in [0, 0.05) is 19.2 Å². The molecule has 1 heterocycles. The van der Waals surface area contributed by atoms with Crippen LogP contribution in [0.5, 0.6) is 5.75 Å². The van der Waals surface area contributed by atoms with Crippen LogP contribution in [0.4, 0.5) is 5.69 Å². The molecule has 0 atom stereocenters. The molecule has 0 unspecified atom stereocenters. The fourth-order valence-corrected chi connectivity index (χ4v) is 5.12. The molecule has 0 N–H and O–H groups in total. The summed E-state index contributed by atoms with van der Waals surface area (Å²) in [5, 5.41) is 12.1.